The SMILES string of the molecule is COc1cc(CC(=O)N2CSC[C@H]2C(=O)NCC2CC2)ccc1C. The van der Waals surface area contributed by atoms with Crippen LogP contribution in [0.15, 0.2) is 18.2 Å². The fourth-order valence-corrected chi connectivity index (χ4v) is 4.02. The van der Waals surface area contributed by atoms with Gasteiger partial charge in [0.1, 0.15) is 11.8 Å². The molecule has 24 heavy (non-hydrogen) atoms. The number of rotatable bonds is 6. The Bertz CT molecular complexity index is 631. The first-order valence-electron chi connectivity index (χ1n) is 8.37. The van der Waals surface area contributed by atoms with Crippen molar-refractivity contribution < 1.29 is 14.3 Å². The number of carbonyl (C=O) groups excluding carboxylic acids is 2. The molecule has 5 nitrogen and oxygen atoms in total. The van der Waals surface area contributed by atoms with Gasteiger partial charge in [-0.3, -0.25) is 9.59 Å². The molecule has 1 saturated carbocycles. The number of methoxy groups -OCH3 is 1. The predicted octanol–water partition coefficient (Wildman–Crippen LogP) is 1.97. The van der Waals surface area contributed by atoms with Crippen molar-refractivity contribution >= 4 is 23.6 Å². The quantitative estimate of drug-likeness (QED) is 0.854. The van der Waals surface area contributed by atoms with E-state index in [-0.39, 0.29) is 17.9 Å². The molecule has 2 aliphatic rings. The fraction of sp³-hybridized carbons (Fsp3) is 0.556. The largest absolute Gasteiger partial charge is 0.496 e. The summed E-state index contributed by atoms with van der Waals surface area (Å²) < 4.78 is 5.32. The Morgan fingerprint density at radius 2 is 2.17 bits per heavy atom. The zero-order valence-corrected chi connectivity index (χ0v) is 15.0. The molecule has 1 N–H and O–H groups in total. The van der Waals surface area contributed by atoms with E-state index in [0.717, 1.165) is 23.4 Å². The lowest BCUT2D eigenvalue weighted by molar-refractivity contribution is -0.137. The summed E-state index contributed by atoms with van der Waals surface area (Å²) >= 11 is 1.64. The maximum atomic E-state index is 12.7. The summed E-state index contributed by atoms with van der Waals surface area (Å²) in [5.41, 5.74) is 1.96. The van der Waals surface area contributed by atoms with Crippen molar-refractivity contribution in [2.75, 3.05) is 25.3 Å². The molecule has 6 heteroatoms. The van der Waals surface area contributed by atoms with Gasteiger partial charge in [-0.2, -0.15) is 0 Å². The molecule has 130 valence electrons. The highest BCUT2D eigenvalue weighted by Gasteiger charge is 2.35. The van der Waals surface area contributed by atoms with E-state index in [1.54, 1.807) is 23.8 Å². The van der Waals surface area contributed by atoms with E-state index in [2.05, 4.69) is 5.32 Å². The Labute approximate surface area is 147 Å². The van der Waals surface area contributed by atoms with Crippen LogP contribution >= 0.6 is 11.8 Å². The second-order valence-corrected chi connectivity index (χ2v) is 7.55. The Hall–Kier alpha value is -1.69. The van der Waals surface area contributed by atoms with Crippen LogP contribution in [-0.2, 0) is 16.0 Å². The lowest BCUT2D eigenvalue weighted by atomic mass is 10.1. The van der Waals surface area contributed by atoms with E-state index < -0.39 is 0 Å². The molecule has 1 aliphatic carbocycles. The summed E-state index contributed by atoms with van der Waals surface area (Å²) in [7, 11) is 1.63. The van der Waals surface area contributed by atoms with Crippen LogP contribution in [-0.4, -0.2) is 48.0 Å². The van der Waals surface area contributed by atoms with Crippen LogP contribution in [0.4, 0.5) is 0 Å². The fourth-order valence-electron chi connectivity index (χ4n) is 2.84. The van der Waals surface area contributed by atoms with Crippen molar-refractivity contribution in [1.82, 2.24) is 10.2 Å². The number of carbonyl (C=O) groups is 2. The number of benzene rings is 1. The minimum absolute atomic E-state index is 0.00234. The molecular formula is C18H24N2O3S. The average molecular weight is 348 g/mol. The van der Waals surface area contributed by atoms with Gasteiger partial charge in [-0.15, -0.1) is 11.8 Å². The van der Waals surface area contributed by atoms with Crippen LogP contribution in [0.3, 0.4) is 0 Å². The van der Waals surface area contributed by atoms with Gasteiger partial charge in [0, 0.05) is 12.3 Å². The standard InChI is InChI=1S/C18H24N2O3S/c1-12-3-4-14(7-16(12)23-2)8-17(21)20-11-24-10-15(20)18(22)19-9-13-5-6-13/h3-4,7,13,15H,5-6,8-11H2,1-2H3,(H,19,22)/t15-/m0/s1. The second kappa shape index (κ2) is 7.47. The van der Waals surface area contributed by atoms with Crippen molar-refractivity contribution in [2.45, 2.75) is 32.2 Å². The smallest absolute Gasteiger partial charge is 0.243 e. The van der Waals surface area contributed by atoms with Crippen LogP contribution < -0.4 is 10.1 Å². The molecule has 1 saturated heterocycles. The first kappa shape index (κ1) is 17.1. The Kier molecular flexibility index (Phi) is 5.33. The minimum atomic E-state index is -0.339. The highest BCUT2D eigenvalue weighted by atomic mass is 32.2. The highest BCUT2D eigenvalue weighted by molar-refractivity contribution is 7.99. The Morgan fingerprint density at radius 1 is 1.38 bits per heavy atom. The third-order valence-corrected chi connectivity index (χ3v) is 5.61. The van der Waals surface area contributed by atoms with Gasteiger partial charge in [0.15, 0.2) is 0 Å². The van der Waals surface area contributed by atoms with E-state index >= 15 is 0 Å². The minimum Gasteiger partial charge on any atom is -0.496 e. The molecule has 1 aromatic rings. The zero-order valence-electron chi connectivity index (χ0n) is 14.2. The van der Waals surface area contributed by atoms with E-state index in [9.17, 15) is 9.59 Å². The maximum absolute atomic E-state index is 12.7. The summed E-state index contributed by atoms with van der Waals surface area (Å²) in [6, 6.07) is 5.47. The van der Waals surface area contributed by atoms with E-state index in [1.807, 2.05) is 25.1 Å². The number of hydrogen-bond donors (Lipinski definition) is 1. The van der Waals surface area contributed by atoms with Crippen molar-refractivity contribution in [3.63, 3.8) is 0 Å². The van der Waals surface area contributed by atoms with Crippen LogP contribution in [0.2, 0.25) is 0 Å². The van der Waals surface area contributed by atoms with Gasteiger partial charge in [0.25, 0.3) is 0 Å². The van der Waals surface area contributed by atoms with Gasteiger partial charge in [0.05, 0.1) is 19.4 Å². The third kappa shape index (κ3) is 4.04. The van der Waals surface area contributed by atoms with E-state index in [0.29, 0.717) is 24.0 Å². The Balaban J connectivity index is 1.61. The monoisotopic (exact) mass is 348 g/mol. The van der Waals surface area contributed by atoms with Gasteiger partial charge in [-0.05, 0) is 42.9 Å². The lowest BCUT2D eigenvalue weighted by Crippen LogP contribution is -2.48. The van der Waals surface area contributed by atoms with E-state index in [4.69, 9.17) is 4.74 Å². The van der Waals surface area contributed by atoms with Crippen molar-refractivity contribution in [3.8, 4) is 5.75 Å². The van der Waals surface area contributed by atoms with Crippen molar-refractivity contribution in [2.24, 2.45) is 5.92 Å². The maximum Gasteiger partial charge on any atom is 0.243 e. The molecule has 0 bridgehead atoms. The molecule has 0 unspecified atom stereocenters. The summed E-state index contributed by atoms with van der Waals surface area (Å²) in [6.07, 6.45) is 2.71. The number of thioether (sulfide) groups is 1. The lowest BCUT2D eigenvalue weighted by Gasteiger charge is -2.23. The topological polar surface area (TPSA) is 58.6 Å². The van der Waals surface area contributed by atoms with Gasteiger partial charge in [0.2, 0.25) is 11.8 Å². The number of aryl methyl sites for hydroxylation is 1. The second-order valence-electron chi connectivity index (χ2n) is 6.55. The average Bonchev–Trinajstić information content (AvgIpc) is 3.27. The highest BCUT2D eigenvalue weighted by Crippen LogP contribution is 2.28. The summed E-state index contributed by atoms with van der Waals surface area (Å²) in [5.74, 6) is 2.68. The predicted molar refractivity (Wildman–Crippen MR) is 95.1 cm³/mol. The van der Waals surface area contributed by atoms with Gasteiger partial charge >= 0.3 is 0 Å². The number of nitrogens with zero attached hydrogens (tertiary/aromatic N) is 1. The summed E-state index contributed by atoms with van der Waals surface area (Å²) in [5, 5.41) is 2.99. The normalized spacial score (nSPS) is 20.1. The summed E-state index contributed by atoms with van der Waals surface area (Å²) in [4.78, 5) is 26.7. The van der Waals surface area contributed by atoms with Gasteiger partial charge < -0.3 is 15.0 Å². The first-order valence-corrected chi connectivity index (χ1v) is 9.52. The number of ether oxygens (including phenoxy) is 1. The number of nitrogens with one attached hydrogen (secondary N) is 1. The van der Waals surface area contributed by atoms with Crippen LogP contribution in [0.1, 0.15) is 24.0 Å². The van der Waals surface area contributed by atoms with Crippen LogP contribution in [0.5, 0.6) is 5.75 Å². The van der Waals surface area contributed by atoms with Gasteiger partial charge in [-0.1, -0.05) is 12.1 Å². The number of hydrogen-bond acceptors (Lipinski definition) is 4. The molecule has 1 heterocycles. The molecule has 0 aromatic heterocycles. The zero-order chi connectivity index (χ0) is 17.1. The van der Waals surface area contributed by atoms with Crippen molar-refractivity contribution in [3.05, 3.63) is 29.3 Å². The van der Waals surface area contributed by atoms with Crippen molar-refractivity contribution in [1.29, 1.82) is 0 Å². The molecule has 1 atom stereocenters. The molecular weight excluding hydrogens is 324 g/mol. The number of amides is 2. The van der Waals surface area contributed by atoms with Crippen LogP contribution in [0.25, 0.3) is 0 Å². The molecule has 3 rings (SSSR count). The molecule has 0 spiro atoms. The molecule has 2 fully saturated rings. The summed E-state index contributed by atoms with van der Waals surface area (Å²) in [6.45, 7) is 2.72. The Morgan fingerprint density at radius 3 is 2.88 bits per heavy atom. The molecule has 1 aliphatic heterocycles. The van der Waals surface area contributed by atoms with Crippen LogP contribution in [0, 0.1) is 12.8 Å². The van der Waals surface area contributed by atoms with E-state index in [1.165, 1.54) is 12.8 Å². The van der Waals surface area contributed by atoms with Gasteiger partial charge in [-0.25, -0.2) is 0 Å². The molecule has 1 aromatic carbocycles. The third-order valence-electron chi connectivity index (χ3n) is 4.60. The first-order chi connectivity index (χ1) is 11.6. The molecule has 0 radical (unpaired) electrons. The molecule has 2 amide bonds.